The Bertz CT molecular complexity index is 627. The highest BCUT2D eigenvalue weighted by molar-refractivity contribution is 7.09. The first-order chi connectivity index (χ1) is 10.1. The second kappa shape index (κ2) is 7.03. The first kappa shape index (κ1) is 15.2. The lowest BCUT2D eigenvalue weighted by Gasteiger charge is -2.09. The van der Waals surface area contributed by atoms with Crippen LogP contribution in [0.15, 0.2) is 23.6 Å². The van der Waals surface area contributed by atoms with E-state index in [2.05, 4.69) is 15.6 Å². The minimum absolute atomic E-state index is 0.0777. The summed E-state index contributed by atoms with van der Waals surface area (Å²) < 4.78 is 0. The zero-order valence-electron chi connectivity index (χ0n) is 12.0. The van der Waals surface area contributed by atoms with Crippen molar-refractivity contribution in [1.82, 2.24) is 4.98 Å². The molecule has 112 valence electrons. The topological polar surface area (TPSA) is 80.1 Å². The van der Waals surface area contributed by atoms with Crippen molar-refractivity contribution >= 4 is 28.4 Å². The number of benzene rings is 1. The van der Waals surface area contributed by atoms with Gasteiger partial charge in [0.05, 0.1) is 11.5 Å². The zero-order chi connectivity index (χ0) is 15.2. The second-order valence-electron chi connectivity index (χ2n) is 4.69. The number of rotatable bonds is 7. The fraction of sp³-hybridized carbons (Fsp3) is 0.357. The predicted molar refractivity (Wildman–Crippen MR) is 86.1 cm³/mol. The van der Waals surface area contributed by atoms with Crippen LogP contribution in [-0.2, 0) is 6.54 Å². The maximum Gasteiger partial charge on any atom is 0.273 e. The number of non-ortho nitro benzene ring substituents is 1. The summed E-state index contributed by atoms with van der Waals surface area (Å²) in [5.74, 6) is 0. The third-order valence-electron chi connectivity index (χ3n) is 2.82. The number of nitro groups is 1. The van der Waals surface area contributed by atoms with Gasteiger partial charge in [-0.25, -0.2) is 4.98 Å². The lowest BCUT2D eigenvalue weighted by atomic mass is 10.2. The van der Waals surface area contributed by atoms with E-state index in [1.54, 1.807) is 17.4 Å². The van der Waals surface area contributed by atoms with E-state index in [4.69, 9.17) is 0 Å². The van der Waals surface area contributed by atoms with Crippen LogP contribution >= 0.6 is 11.3 Å². The van der Waals surface area contributed by atoms with Gasteiger partial charge >= 0.3 is 0 Å². The summed E-state index contributed by atoms with van der Waals surface area (Å²) in [5.41, 5.74) is 2.54. The Balaban J connectivity index is 2.12. The van der Waals surface area contributed by atoms with Crippen molar-refractivity contribution in [1.29, 1.82) is 0 Å². The van der Waals surface area contributed by atoms with Gasteiger partial charge in [0.25, 0.3) is 5.69 Å². The molecule has 0 aliphatic heterocycles. The molecular formula is C14H18N4O2S. The highest BCUT2D eigenvalue weighted by Gasteiger charge is 2.10. The fourth-order valence-corrected chi connectivity index (χ4v) is 2.56. The van der Waals surface area contributed by atoms with Crippen LogP contribution in [0.2, 0.25) is 0 Å². The van der Waals surface area contributed by atoms with Gasteiger partial charge in [0.15, 0.2) is 0 Å². The molecule has 0 saturated carbocycles. The molecule has 0 bridgehead atoms. The van der Waals surface area contributed by atoms with Gasteiger partial charge < -0.3 is 10.6 Å². The minimum Gasteiger partial charge on any atom is -0.385 e. The normalized spacial score (nSPS) is 10.4. The van der Waals surface area contributed by atoms with E-state index in [-0.39, 0.29) is 10.6 Å². The Morgan fingerprint density at radius 2 is 2.00 bits per heavy atom. The first-order valence-electron chi connectivity index (χ1n) is 6.76. The lowest BCUT2D eigenvalue weighted by Crippen LogP contribution is -2.04. The summed E-state index contributed by atoms with van der Waals surface area (Å²) >= 11 is 1.57. The van der Waals surface area contributed by atoms with E-state index in [1.807, 2.05) is 25.3 Å². The van der Waals surface area contributed by atoms with Crippen molar-refractivity contribution < 1.29 is 4.92 Å². The number of anilines is 2. The van der Waals surface area contributed by atoms with Crippen molar-refractivity contribution in [3.8, 4) is 0 Å². The smallest absolute Gasteiger partial charge is 0.273 e. The Morgan fingerprint density at radius 1 is 1.29 bits per heavy atom. The van der Waals surface area contributed by atoms with Crippen LogP contribution in [0.1, 0.15) is 24.0 Å². The van der Waals surface area contributed by atoms with Gasteiger partial charge in [0, 0.05) is 41.1 Å². The average molecular weight is 306 g/mol. The van der Waals surface area contributed by atoms with Gasteiger partial charge in [0.2, 0.25) is 0 Å². The summed E-state index contributed by atoms with van der Waals surface area (Å²) in [7, 11) is 0. The van der Waals surface area contributed by atoms with Gasteiger partial charge in [-0.1, -0.05) is 6.92 Å². The number of aryl methyl sites for hydroxylation is 1. The quantitative estimate of drug-likeness (QED) is 0.601. The first-order valence-corrected chi connectivity index (χ1v) is 7.64. The van der Waals surface area contributed by atoms with Gasteiger partial charge in [-0.05, 0) is 19.4 Å². The van der Waals surface area contributed by atoms with Gasteiger partial charge in [-0.2, -0.15) is 0 Å². The van der Waals surface area contributed by atoms with Crippen LogP contribution in [0, 0.1) is 17.0 Å². The molecule has 0 amide bonds. The van der Waals surface area contributed by atoms with E-state index < -0.39 is 0 Å². The SMILES string of the molecule is CCCNc1cc(NCc2nc(C)cs2)cc([N+](=O)[O-])c1. The molecule has 7 heteroatoms. The van der Waals surface area contributed by atoms with Crippen molar-refractivity contribution in [2.75, 3.05) is 17.2 Å². The number of thiazole rings is 1. The molecule has 0 saturated heterocycles. The molecule has 0 aliphatic carbocycles. The highest BCUT2D eigenvalue weighted by atomic mass is 32.1. The molecule has 2 N–H and O–H groups in total. The number of hydrogen-bond donors (Lipinski definition) is 2. The summed E-state index contributed by atoms with van der Waals surface area (Å²) in [4.78, 5) is 15.0. The highest BCUT2D eigenvalue weighted by Crippen LogP contribution is 2.25. The zero-order valence-corrected chi connectivity index (χ0v) is 12.9. The van der Waals surface area contributed by atoms with E-state index >= 15 is 0 Å². The molecule has 2 aromatic rings. The summed E-state index contributed by atoms with van der Waals surface area (Å²) in [6, 6.07) is 4.97. The van der Waals surface area contributed by atoms with Gasteiger partial charge in [-0.15, -0.1) is 11.3 Å². The lowest BCUT2D eigenvalue weighted by molar-refractivity contribution is -0.384. The van der Waals surface area contributed by atoms with Crippen LogP contribution in [0.25, 0.3) is 0 Å². The molecule has 1 heterocycles. The molecule has 2 rings (SSSR count). The van der Waals surface area contributed by atoms with E-state index in [0.717, 1.165) is 35.0 Å². The third-order valence-corrected chi connectivity index (χ3v) is 3.78. The molecule has 6 nitrogen and oxygen atoms in total. The van der Waals surface area contributed by atoms with E-state index in [9.17, 15) is 10.1 Å². The Kier molecular flexibility index (Phi) is 5.10. The standard InChI is InChI=1S/C14H18N4O2S/c1-3-4-15-11-5-12(7-13(6-11)18(19)20)16-8-14-17-10(2)9-21-14/h5-7,9,15-16H,3-4,8H2,1-2H3. The molecule has 1 aromatic carbocycles. The summed E-state index contributed by atoms with van der Waals surface area (Å²) in [6.45, 7) is 5.34. The molecule has 1 aromatic heterocycles. The van der Waals surface area contributed by atoms with Crippen molar-refractivity contribution in [2.45, 2.75) is 26.8 Å². The third kappa shape index (κ3) is 4.42. The van der Waals surface area contributed by atoms with E-state index in [0.29, 0.717) is 6.54 Å². The Labute approximate surface area is 127 Å². The largest absolute Gasteiger partial charge is 0.385 e. The molecule has 0 spiro atoms. The van der Waals surface area contributed by atoms with Gasteiger partial charge in [0.1, 0.15) is 5.01 Å². The van der Waals surface area contributed by atoms with Crippen molar-refractivity contribution in [3.05, 3.63) is 44.4 Å². The van der Waals surface area contributed by atoms with Crippen molar-refractivity contribution in [3.63, 3.8) is 0 Å². The van der Waals surface area contributed by atoms with Crippen molar-refractivity contribution in [2.24, 2.45) is 0 Å². The fourth-order valence-electron chi connectivity index (χ4n) is 1.85. The number of aromatic nitrogens is 1. The molecule has 0 radical (unpaired) electrons. The van der Waals surface area contributed by atoms with Crippen LogP contribution in [0.5, 0.6) is 0 Å². The van der Waals surface area contributed by atoms with Crippen LogP contribution in [-0.4, -0.2) is 16.5 Å². The molecule has 21 heavy (non-hydrogen) atoms. The second-order valence-corrected chi connectivity index (χ2v) is 5.63. The number of nitrogens with zero attached hydrogens (tertiary/aromatic N) is 2. The monoisotopic (exact) mass is 306 g/mol. The molecule has 0 unspecified atom stereocenters. The average Bonchev–Trinajstić information content (AvgIpc) is 2.88. The predicted octanol–water partition coefficient (Wildman–Crippen LogP) is 3.79. The number of nitro benzene ring substituents is 1. The molecular weight excluding hydrogens is 288 g/mol. The summed E-state index contributed by atoms with van der Waals surface area (Å²) in [5, 5.41) is 20.3. The summed E-state index contributed by atoms with van der Waals surface area (Å²) in [6.07, 6.45) is 0.962. The molecule has 0 atom stereocenters. The van der Waals surface area contributed by atoms with Gasteiger partial charge in [-0.3, -0.25) is 10.1 Å². The van der Waals surface area contributed by atoms with Crippen LogP contribution in [0.4, 0.5) is 17.1 Å². The molecule has 0 aliphatic rings. The number of nitrogens with one attached hydrogen (secondary N) is 2. The Hall–Kier alpha value is -2.15. The maximum absolute atomic E-state index is 11.0. The van der Waals surface area contributed by atoms with E-state index in [1.165, 1.54) is 6.07 Å². The maximum atomic E-state index is 11.0. The minimum atomic E-state index is -0.379. The van der Waals surface area contributed by atoms with Crippen LogP contribution in [0.3, 0.4) is 0 Å². The molecule has 0 fully saturated rings. The number of hydrogen-bond acceptors (Lipinski definition) is 6. The van der Waals surface area contributed by atoms with Crippen LogP contribution < -0.4 is 10.6 Å². The Morgan fingerprint density at radius 3 is 2.57 bits per heavy atom.